The van der Waals surface area contributed by atoms with E-state index in [4.69, 9.17) is 0 Å². The predicted octanol–water partition coefficient (Wildman–Crippen LogP) is 2.63. The molecule has 1 N–H and O–H groups in total. The zero-order chi connectivity index (χ0) is 18.6. The minimum absolute atomic E-state index is 0.125. The summed E-state index contributed by atoms with van der Waals surface area (Å²) >= 11 is 0. The summed E-state index contributed by atoms with van der Waals surface area (Å²) in [5.41, 5.74) is 0.936. The second-order valence-corrected chi connectivity index (χ2v) is 7.14. The van der Waals surface area contributed by atoms with Crippen LogP contribution in [0.4, 0.5) is 17.1 Å². The average Bonchev–Trinajstić information content (AvgIpc) is 2.55. The number of nitro benzene ring substituents is 1. The minimum atomic E-state index is -3.39. The van der Waals surface area contributed by atoms with Gasteiger partial charge in [0.25, 0.3) is 11.6 Å². The molecule has 8 nitrogen and oxygen atoms in total. The van der Waals surface area contributed by atoms with E-state index in [9.17, 15) is 23.3 Å². The maximum atomic E-state index is 12.2. The molecule has 2 rings (SSSR count). The fraction of sp³-hybridized carbons (Fsp3) is 0.188. The van der Waals surface area contributed by atoms with Crippen molar-refractivity contribution in [2.24, 2.45) is 0 Å². The maximum Gasteiger partial charge on any atom is 0.271 e. The normalized spacial score (nSPS) is 11.0. The quantitative estimate of drug-likeness (QED) is 0.627. The van der Waals surface area contributed by atoms with Crippen molar-refractivity contribution in [3.8, 4) is 0 Å². The van der Waals surface area contributed by atoms with Crippen LogP contribution in [0.15, 0.2) is 48.5 Å². The van der Waals surface area contributed by atoms with E-state index < -0.39 is 20.9 Å². The number of anilines is 2. The lowest BCUT2D eigenvalue weighted by atomic mass is 10.2. The summed E-state index contributed by atoms with van der Waals surface area (Å²) in [5, 5.41) is 13.3. The molecule has 0 saturated heterocycles. The molecule has 2 aromatic carbocycles. The van der Waals surface area contributed by atoms with Crippen LogP contribution in [0, 0.1) is 10.1 Å². The molecule has 0 fully saturated rings. The smallest absolute Gasteiger partial charge is 0.271 e. The Morgan fingerprint density at radius 3 is 2.36 bits per heavy atom. The van der Waals surface area contributed by atoms with E-state index in [2.05, 4.69) is 5.32 Å². The van der Waals surface area contributed by atoms with Gasteiger partial charge in [0.05, 0.1) is 16.9 Å². The number of nitrogens with one attached hydrogen (secondary N) is 1. The second kappa shape index (κ2) is 7.31. The molecule has 25 heavy (non-hydrogen) atoms. The summed E-state index contributed by atoms with van der Waals surface area (Å²) in [6.45, 7) is 1.99. The number of carbonyl (C=O) groups excluding carboxylic acids is 1. The van der Waals surface area contributed by atoms with Gasteiger partial charge in [-0.15, -0.1) is 0 Å². The molecule has 132 valence electrons. The predicted molar refractivity (Wildman–Crippen MR) is 95.4 cm³/mol. The number of sulfonamides is 1. The summed E-state index contributed by atoms with van der Waals surface area (Å²) < 4.78 is 24.6. The highest BCUT2D eigenvalue weighted by Crippen LogP contribution is 2.20. The lowest BCUT2D eigenvalue weighted by Gasteiger charge is -2.20. The molecule has 0 unspecified atom stereocenters. The Bertz CT molecular complexity index is 894. The van der Waals surface area contributed by atoms with E-state index in [1.807, 2.05) is 0 Å². The standard InChI is InChI=1S/C16H17N3O5S/c1-3-18(25(2,23)24)14-9-7-12(8-10-14)16(20)17-13-5-4-6-15(11-13)19(21)22/h4-11H,3H2,1-2H3,(H,17,20). The first-order valence-corrected chi connectivity index (χ1v) is 9.21. The van der Waals surface area contributed by atoms with Gasteiger partial charge in [-0.25, -0.2) is 8.42 Å². The van der Waals surface area contributed by atoms with Crippen molar-refractivity contribution in [2.75, 3.05) is 22.4 Å². The van der Waals surface area contributed by atoms with Crippen LogP contribution in [0.1, 0.15) is 17.3 Å². The van der Waals surface area contributed by atoms with Crippen molar-refractivity contribution in [3.05, 3.63) is 64.2 Å². The van der Waals surface area contributed by atoms with Crippen LogP contribution in [0.3, 0.4) is 0 Å². The number of non-ortho nitro benzene ring substituents is 1. The third-order valence-corrected chi connectivity index (χ3v) is 4.69. The Kier molecular flexibility index (Phi) is 5.38. The van der Waals surface area contributed by atoms with Gasteiger partial charge in [0, 0.05) is 29.9 Å². The largest absolute Gasteiger partial charge is 0.322 e. The summed E-state index contributed by atoms with van der Waals surface area (Å²) in [6, 6.07) is 11.7. The monoisotopic (exact) mass is 363 g/mol. The molecule has 0 bridgehead atoms. The molecular weight excluding hydrogens is 346 g/mol. The molecule has 0 aliphatic heterocycles. The van der Waals surface area contributed by atoms with Gasteiger partial charge in [-0.1, -0.05) is 6.07 Å². The Balaban J connectivity index is 2.18. The number of rotatable bonds is 6. The van der Waals surface area contributed by atoms with Gasteiger partial charge in [-0.3, -0.25) is 19.2 Å². The van der Waals surface area contributed by atoms with Gasteiger partial charge in [-0.05, 0) is 37.3 Å². The van der Waals surface area contributed by atoms with Crippen LogP contribution in [-0.2, 0) is 10.0 Å². The molecule has 0 aliphatic rings. The fourth-order valence-corrected chi connectivity index (χ4v) is 3.26. The SMILES string of the molecule is CCN(c1ccc(C(=O)Nc2cccc([N+](=O)[O-])c2)cc1)S(C)(=O)=O. The van der Waals surface area contributed by atoms with E-state index in [0.717, 1.165) is 6.26 Å². The van der Waals surface area contributed by atoms with Gasteiger partial charge in [0.2, 0.25) is 10.0 Å². The van der Waals surface area contributed by atoms with Crippen molar-refractivity contribution < 1.29 is 18.1 Å². The minimum Gasteiger partial charge on any atom is -0.322 e. The van der Waals surface area contributed by atoms with Crippen molar-refractivity contribution >= 4 is 33.0 Å². The van der Waals surface area contributed by atoms with Crippen LogP contribution >= 0.6 is 0 Å². The first-order valence-electron chi connectivity index (χ1n) is 7.36. The molecular formula is C16H17N3O5S. The summed E-state index contributed by atoms with van der Waals surface area (Å²) in [5.74, 6) is -0.450. The van der Waals surface area contributed by atoms with Crippen molar-refractivity contribution in [1.29, 1.82) is 0 Å². The van der Waals surface area contributed by atoms with Crippen LogP contribution in [0.2, 0.25) is 0 Å². The molecule has 0 spiro atoms. The van der Waals surface area contributed by atoms with Gasteiger partial charge < -0.3 is 5.32 Å². The zero-order valence-corrected chi connectivity index (χ0v) is 14.5. The Labute approximate surface area is 145 Å². The second-order valence-electron chi connectivity index (χ2n) is 5.24. The van der Waals surface area contributed by atoms with E-state index in [1.165, 1.54) is 46.8 Å². The molecule has 0 aliphatic carbocycles. The molecule has 0 aromatic heterocycles. The highest BCUT2D eigenvalue weighted by atomic mass is 32.2. The molecule has 0 radical (unpaired) electrons. The first kappa shape index (κ1) is 18.4. The van der Waals surface area contributed by atoms with Crippen LogP contribution in [-0.4, -0.2) is 32.0 Å². The highest BCUT2D eigenvalue weighted by molar-refractivity contribution is 7.92. The Hall–Kier alpha value is -2.94. The number of nitrogens with zero attached hydrogens (tertiary/aromatic N) is 2. The highest BCUT2D eigenvalue weighted by Gasteiger charge is 2.16. The number of benzene rings is 2. The first-order chi connectivity index (χ1) is 11.7. The molecule has 1 amide bonds. The number of hydrogen-bond donors (Lipinski definition) is 1. The van der Waals surface area contributed by atoms with Crippen molar-refractivity contribution in [2.45, 2.75) is 6.92 Å². The van der Waals surface area contributed by atoms with E-state index in [-0.39, 0.29) is 12.2 Å². The maximum absolute atomic E-state index is 12.2. The molecule has 2 aromatic rings. The number of amides is 1. The summed E-state index contributed by atoms with van der Waals surface area (Å²) in [6.07, 6.45) is 1.11. The summed E-state index contributed by atoms with van der Waals surface area (Å²) in [7, 11) is -3.39. The van der Waals surface area contributed by atoms with E-state index in [0.29, 0.717) is 16.9 Å². The van der Waals surface area contributed by atoms with Gasteiger partial charge in [-0.2, -0.15) is 0 Å². The number of nitro groups is 1. The third kappa shape index (κ3) is 4.54. The van der Waals surface area contributed by atoms with Gasteiger partial charge in [0.15, 0.2) is 0 Å². The third-order valence-electron chi connectivity index (χ3n) is 3.42. The molecule has 0 atom stereocenters. The fourth-order valence-electron chi connectivity index (χ4n) is 2.29. The Morgan fingerprint density at radius 2 is 1.84 bits per heavy atom. The molecule has 9 heteroatoms. The topological polar surface area (TPSA) is 110 Å². The average molecular weight is 363 g/mol. The zero-order valence-electron chi connectivity index (χ0n) is 13.7. The number of carbonyl (C=O) groups is 1. The van der Waals surface area contributed by atoms with E-state index >= 15 is 0 Å². The van der Waals surface area contributed by atoms with Crippen LogP contribution in [0.5, 0.6) is 0 Å². The molecule has 0 saturated carbocycles. The lowest BCUT2D eigenvalue weighted by Crippen LogP contribution is -2.29. The van der Waals surface area contributed by atoms with Crippen LogP contribution in [0.25, 0.3) is 0 Å². The van der Waals surface area contributed by atoms with Crippen molar-refractivity contribution in [1.82, 2.24) is 0 Å². The van der Waals surface area contributed by atoms with Crippen molar-refractivity contribution in [3.63, 3.8) is 0 Å². The van der Waals surface area contributed by atoms with Gasteiger partial charge in [0.1, 0.15) is 0 Å². The summed E-state index contributed by atoms with van der Waals surface area (Å²) in [4.78, 5) is 22.4. The Morgan fingerprint density at radius 1 is 1.20 bits per heavy atom. The van der Waals surface area contributed by atoms with Crippen LogP contribution < -0.4 is 9.62 Å². The van der Waals surface area contributed by atoms with E-state index in [1.54, 1.807) is 13.0 Å². The van der Waals surface area contributed by atoms with Gasteiger partial charge >= 0.3 is 0 Å². The lowest BCUT2D eigenvalue weighted by molar-refractivity contribution is -0.384. The number of hydrogen-bond acceptors (Lipinski definition) is 5. The molecule has 0 heterocycles.